The average molecular weight is 291 g/mol. The van der Waals surface area contributed by atoms with Gasteiger partial charge in [0.25, 0.3) is 0 Å². The molecule has 3 nitrogen and oxygen atoms in total. The lowest BCUT2D eigenvalue weighted by molar-refractivity contribution is 0.0125. The monoisotopic (exact) mass is 291 g/mol. The molecule has 0 aromatic heterocycles. The number of piperidine rings is 1. The second-order valence-electron chi connectivity index (χ2n) is 5.20. The summed E-state index contributed by atoms with van der Waals surface area (Å²) in [7, 11) is 0. The standard InChI is InChI=1S/C17H22FNO2/c1-2-21-16-7-9-19(10-8-16)13-14-5-6-17(18)15(12-14)4-3-11-20/h5-6,12,16,20H,2,7-11,13H2,1H3. The highest BCUT2D eigenvalue weighted by molar-refractivity contribution is 5.38. The zero-order valence-corrected chi connectivity index (χ0v) is 12.4. The summed E-state index contributed by atoms with van der Waals surface area (Å²) in [6.45, 7) is 5.34. The first-order chi connectivity index (χ1) is 10.2. The minimum absolute atomic E-state index is 0.255. The number of aliphatic hydroxyl groups excluding tert-OH is 1. The van der Waals surface area contributed by atoms with Gasteiger partial charge in [-0.1, -0.05) is 17.9 Å². The van der Waals surface area contributed by atoms with E-state index in [1.54, 1.807) is 12.1 Å². The fraction of sp³-hybridized carbons (Fsp3) is 0.529. The van der Waals surface area contributed by atoms with E-state index in [1.165, 1.54) is 6.07 Å². The van der Waals surface area contributed by atoms with Crippen molar-refractivity contribution >= 4 is 0 Å². The van der Waals surface area contributed by atoms with Gasteiger partial charge in [-0.25, -0.2) is 4.39 Å². The third-order valence-electron chi connectivity index (χ3n) is 3.68. The van der Waals surface area contributed by atoms with Crippen LogP contribution in [0, 0.1) is 17.7 Å². The van der Waals surface area contributed by atoms with Crippen molar-refractivity contribution < 1.29 is 14.2 Å². The van der Waals surface area contributed by atoms with Crippen LogP contribution in [-0.4, -0.2) is 42.4 Å². The molecule has 0 aliphatic carbocycles. The van der Waals surface area contributed by atoms with E-state index in [-0.39, 0.29) is 12.4 Å². The quantitative estimate of drug-likeness (QED) is 0.863. The molecule has 0 spiro atoms. The molecular formula is C17H22FNO2. The van der Waals surface area contributed by atoms with Gasteiger partial charge in [0.15, 0.2) is 0 Å². The summed E-state index contributed by atoms with van der Waals surface area (Å²) in [4.78, 5) is 2.35. The molecule has 1 saturated heterocycles. The Morgan fingerprint density at radius 3 is 2.81 bits per heavy atom. The van der Waals surface area contributed by atoms with Gasteiger partial charge in [-0.05, 0) is 37.5 Å². The molecule has 1 N–H and O–H groups in total. The molecule has 4 heteroatoms. The van der Waals surface area contributed by atoms with E-state index in [0.717, 1.165) is 44.6 Å². The Balaban J connectivity index is 1.94. The number of hydrogen-bond donors (Lipinski definition) is 1. The molecule has 1 fully saturated rings. The maximum Gasteiger partial charge on any atom is 0.138 e. The lowest BCUT2D eigenvalue weighted by atomic mass is 10.1. The number of halogens is 1. The van der Waals surface area contributed by atoms with E-state index in [0.29, 0.717) is 11.7 Å². The van der Waals surface area contributed by atoms with E-state index >= 15 is 0 Å². The minimum Gasteiger partial charge on any atom is -0.384 e. The number of aliphatic hydroxyl groups is 1. The van der Waals surface area contributed by atoms with Crippen LogP contribution in [0.1, 0.15) is 30.9 Å². The van der Waals surface area contributed by atoms with E-state index < -0.39 is 0 Å². The van der Waals surface area contributed by atoms with E-state index in [4.69, 9.17) is 9.84 Å². The summed E-state index contributed by atoms with van der Waals surface area (Å²) in [6, 6.07) is 5.02. The normalized spacial score (nSPS) is 16.5. The molecule has 1 aliphatic heterocycles. The number of ether oxygens (including phenoxy) is 1. The summed E-state index contributed by atoms with van der Waals surface area (Å²) < 4.78 is 19.2. The van der Waals surface area contributed by atoms with E-state index in [1.807, 2.05) is 6.92 Å². The molecule has 0 radical (unpaired) electrons. The summed E-state index contributed by atoms with van der Waals surface area (Å²) in [5.74, 6) is 4.80. The maximum absolute atomic E-state index is 13.6. The average Bonchev–Trinajstić information content (AvgIpc) is 2.50. The van der Waals surface area contributed by atoms with Crippen molar-refractivity contribution in [2.24, 2.45) is 0 Å². The lowest BCUT2D eigenvalue weighted by Crippen LogP contribution is -2.36. The minimum atomic E-state index is -0.338. The zero-order chi connectivity index (χ0) is 15.1. The molecule has 114 valence electrons. The Kier molecular flexibility index (Phi) is 6.19. The fourth-order valence-corrected chi connectivity index (χ4v) is 2.63. The highest BCUT2D eigenvalue weighted by Crippen LogP contribution is 2.17. The van der Waals surface area contributed by atoms with Gasteiger partial charge in [-0.2, -0.15) is 0 Å². The summed E-state index contributed by atoms with van der Waals surface area (Å²) in [6.07, 6.45) is 2.48. The van der Waals surface area contributed by atoms with Crippen molar-refractivity contribution in [3.63, 3.8) is 0 Å². The number of hydrogen-bond acceptors (Lipinski definition) is 3. The molecule has 0 bridgehead atoms. The Bertz CT molecular complexity index is 513. The zero-order valence-electron chi connectivity index (χ0n) is 12.4. The van der Waals surface area contributed by atoms with Gasteiger partial charge < -0.3 is 9.84 Å². The van der Waals surface area contributed by atoms with Gasteiger partial charge in [-0.3, -0.25) is 4.90 Å². The van der Waals surface area contributed by atoms with Crippen LogP contribution in [-0.2, 0) is 11.3 Å². The number of benzene rings is 1. The van der Waals surface area contributed by atoms with Crippen LogP contribution < -0.4 is 0 Å². The van der Waals surface area contributed by atoms with E-state index in [2.05, 4.69) is 16.7 Å². The third-order valence-corrected chi connectivity index (χ3v) is 3.68. The first-order valence-corrected chi connectivity index (χ1v) is 7.45. The second kappa shape index (κ2) is 8.14. The van der Waals surface area contributed by atoms with Gasteiger partial charge in [0.05, 0.1) is 11.7 Å². The van der Waals surface area contributed by atoms with Crippen molar-refractivity contribution in [2.45, 2.75) is 32.4 Å². The molecule has 1 aliphatic rings. The van der Waals surface area contributed by atoms with Crippen LogP contribution in [0.25, 0.3) is 0 Å². The van der Waals surface area contributed by atoms with Gasteiger partial charge in [0.2, 0.25) is 0 Å². The molecule has 0 saturated carbocycles. The van der Waals surface area contributed by atoms with Crippen molar-refractivity contribution in [3.8, 4) is 11.8 Å². The first-order valence-electron chi connectivity index (χ1n) is 7.45. The third kappa shape index (κ3) is 4.82. The maximum atomic E-state index is 13.6. The molecule has 2 rings (SSSR count). The van der Waals surface area contributed by atoms with Crippen LogP contribution in [0.3, 0.4) is 0 Å². The molecule has 1 heterocycles. The molecule has 21 heavy (non-hydrogen) atoms. The SMILES string of the molecule is CCOC1CCN(Cc2ccc(F)c(C#CCO)c2)CC1. The van der Waals surface area contributed by atoms with Gasteiger partial charge in [-0.15, -0.1) is 0 Å². The van der Waals surface area contributed by atoms with Crippen LogP contribution in [0.2, 0.25) is 0 Å². The topological polar surface area (TPSA) is 32.7 Å². The van der Waals surface area contributed by atoms with Crippen LogP contribution in [0.15, 0.2) is 18.2 Å². The lowest BCUT2D eigenvalue weighted by Gasteiger charge is -2.31. The molecule has 1 aromatic carbocycles. The molecule has 0 atom stereocenters. The van der Waals surface area contributed by atoms with Crippen molar-refractivity contribution in [3.05, 3.63) is 35.1 Å². The Hall–Kier alpha value is -1.41. The predicted molar refractivity (Wildman–Crippen MR) is 80.3 cm³/mol. The summed E-state index contributed by atoms with van der Waals surface area (Å²) >= 11 is 0. The van der Waals surface area contributed by atoms with Crippen molar-refractivity contribution in [1.29, 1.82) is 0 Å². The summed E-state index contributed by atoms with van der Waals surface area (Å²) in [5.41, 5.74) is 1.40. The Morgan fingerprint density at radius 1 is 1.38 bits per heavy atom. The van der Waals surface area contributed by atoms with Crippen LogP contribution in [0.5, 0.6) is 0 Å². The highest BCUT2D eigenvalue weighted by Gasteiger charge is 2.19. The molecular weight excluding hydrogens is 269 g/mol. The highest BCUT2D eigenvalue weighted by atomic mass is 19.1. The summed E-state index contributed by atoms with van der Waals surface area (Å²) in [5, 5.41) is 8.70. The fourth-order valence-electron chi connectivity index (χ4n) is 2.63. The van der Waals surface area contributed by atoms with Crippen LogP contribution >= 0.6 is 0 Å². The van der Waals surface area contributed by atoms with Gasteiger partial charge >= 0.3 is 0 Å². The van der Waals surface area contributed by atoms with Gasteiger partial charge in [0, 0.05) is 26.2 Å². The van der Waals surface area contributed by atoms with Crippen molar-refractivity contribution in [2.75, 3.05) is 26.3 Å². The van der Waals surface area contributed by atoms with Crippen LogP contribution in [0.4, 0.5) is 4.39 Å². The largest absolute Gasteiger partial charge is 0.384 e. The predicted octanol–water partition coefficient (Wildman–Crippen LogP) is 2.17. The second-order valence-corrected chi connectivity index (χ2v) is 5.20. The molecule has 1 aromatic rings. The number of rotatable bonds is 4. The number of likely N-dealkylation sites (tertiary alicyclic amines) is 1. The Morgan fingerprint density at radius 2 is 2.14 bits per heavy atom. The Labute approximate surface area is 125 Å². The number of nitrogens with zero attached hydrogens (tertiary/aromatic N) is 1. The van der Waals surface area contributed by atoms with E-state index in [9.17, 15) is 4.39 Å². The molecule has 0 amide bonds. The smallest absolute Gasteiger partial charge is 0.138 e. The first kappa shape index (κ1) is 16.0. The molecule has 0 unspecified atom stereocenters. The van der Waals surface area contributed by atoms with Crippen molar-refractivity contribution in [1.82, 2.24) is 4.90 Å². The van der Waals surface area contributed by atoms with Gasteiger partial charge in [0.1, 0.15) is 12.4 Å².